The summed E-state index contributed by atoms with van der Waals surface area (Å²) < 4.78 is 1.81. The molecule has 0 aliphatic rings. The number of aromatic amines is 1. The van der Waals surface area contributed by atoms with Crippen molar-refractivity contribution in [3.05, 3.63) is 47.7 Å². The van der Waals surface area contributed by atoms with E-state index in [1.54, 1.807) is 0 Å². The van der Waals surface area contributed by atoms with Crippen molar-refractivity contribution in [2.45, 2.75) is 0 Å². The van der Waals surface area contributed by atoms with Gasteiger partial charge in [-0.25, -0.2) is 4.52 Å². The first-order chi connectivity index (χ1) is 7.33. The molecule has 2 aromatic heterocycles. The molecule has 74 valence electrons. The van der Waals surface area contributed by atoms with Crippen LogP contribution in [0.5, 0.6) is 0 Å². The minimum Gasteiger partial charge on any atom is -0.345 e. The van der Waals surface area contributed by atoms with E-state index in [4.69, 9.17) is 11.6 Å². The summed E-state index contributed by atoms with van der Waals surface area (Å²) in [6.07, 6.45) is 3.74. The van der Waals surface area contributed by atoms with Gasteiger partial charge in [0.2, 0.25) is 0 Å². The van der Waals surface area contributed by atoms with Crippen LogP contribution in [-0.4, -0.2) is 14.6 Å². The molecule has 0 saturated heterocycles. The van der Waals surface area contributed by atoms with E-state index in [0.29, 0.717) is 0 Å². The number of nitrogens with one attached hydrogen (secondary N) is 1. The fourth-order valence-corrected chi connectivity index (χ4v) is 1.70. The lowest BCUT2D eigenvalue weighted by Crippen LogP contribution is -1.81. The molecule has 0 saturated carbocycles. The van der Waals surface area contributed by atoms with Crippen LogP contribution in [0.2, 0.25) is 5.02 Å². The van der Waals surface area contributed by atoms with Crippen LogP contribution in [-0.2, 0) is 0 Å². The fourth-order valence-electron chi connectivity index (χ4n) is 1.57. The molecule has 0 radical (unpaired) electrons. The zero-order valence-corrected chi connectivity index (χ0v) is 8.57. The second kappa shape index (κ2) is 3.14. The number of aromatic nitrogens is 3. The van der Waals surface area contributed by atoms with Crippen LogP contribution >= 0.6 is 11.6 Å². The van der Waals surface area contributed by atoms with E-state index in [1.807, 2.05) is 47.2 Å². The van der Waals surface area contributed by atoms with Crippen LogP contribution in [0.1, 0.15) is 0 Å². The molecule has 3 nitrogen and oxygen atoms in total. The molecule has 2 heterocycles. The summed E-state index contributed by atoms with van der Waals surface area (Å²) in [6, 6.07) is 9.66. The molecule has 0 atom stereocenters. The van der Waals surface area contributed by atoms with Gasteiger partial charge in [0, 0.05) is 29.0 Å². The summed E-state index contributed by atoms with van der Waals surface area (Å²) in [4.78, 5) is 3.10. The van der Waals surface area contributed by atoms with Gasteiger partial charge < -0.3 is 4.98 Å². The zero-order chi connectivity index (χ0) is 10.3. The SMILES string of the molecule is Clc1ccc(-c2cc3[nH]ccn3n2)cc1. The Labute approximate surface area is 91.3 Å². The monoisotopic (exact) mass is 217 g/mol. The summed E-state index contributed by atoms with van der Waals surface area (Å²) >= 11 is 5.82. The largest absolute Gasteiger partial charge is 0.345 e. The number of H-pyrrole nitrogens is 1. The van der Waals surface area contributed by atoms with Gasteiger partial charge in [0.15, 0.2) is 0 Å². The number of hydrogen-bond donors (Lipinski definition) is 1. The lowest BCUT2D eigenvalue weighted by atomic mass is 10.2. The van der Waals surface area contributed by atoms with Gasteiger partial charge in [-0.2, -0.15) is 5.10 Å². The quantitative estimate of drug-likeness (QED) is 0.668. The zero-order valence-electron chi connectivity index (χ0n) is 7.81. The molecule has 1 aromatic carbocycles. The smallest absolute Gasteiger partial charge is 0.133 e. The molecule has 0 fully saturated rings. The number of rotatable bonds is 1. The molecule has 3 aromatic rings. The predicted octanol–water partition coefficient (Wildman–Crippen LogP) is 2.98. The van der Waals surface area contributed by atoms with E-state index in [0.717, 1.165) is 21.9 Å². The highest BCUT2D eigenvalue weighted by atomic mass is 35.5. The van der Waals surface area contributed by atoms with Crippen molar-refractivity contribution in [3.63, 3.8) is 0 Å². The molecule has 0 unspecified atom stereocenters. The first-order valence-corrected chi connectivity index (χ1v) is 4.99. The summed E-state index contributed by atoms with van der Waals surface area (Å²) in [5.41, 5.74) is 3.00. The number of benzene rings is 1. The van der Waals surface area contributed by atoms with Crippen molar-refractivity contribution in [2.24, 2.45) is 0 Å². The van der Waals surface area contributed by atoms with E-state index in [-0.39, 0.29) is 0 Å². The molecule has 15 heavy (non-hydrogen) atoms. The Morgan fingerprint density at radius 2 is 2.00 bits per heavy atom. The maximum Gasteiger partial charge on any atom is 0.133 e. The number of halogens is 1. The number of fused-ring (bicyclic) bond motifs is 1. The van der Waals surface area contributed by atoms with Gasteiger partial charge in [0.05, 0.1) is 5.69 Å². The van der Waals surface area contributed by atoms with Gasteiger partial charge in [-0.3, -0.25) is 0 Å². The van der Waals surface area contributed by atoms with Crippen molar-refractivity contribution in [1.29, 1.82) is 0 Å². The van der Waals surface area contributed by atoms with Crippen molar-refractivity contribution in [1.82, 2.24) is 14.6 Å². The minimum atomic E-state index is 0.739. The third-order valence-electron chi connectivity index (χ3n) is 2.32. The number of hydrogen-bond acceptors (Lipinski definition) is 1. The van der Waals surface area contributed by atoms with Crippen molar-refractivity contribution >= 4 is 17.2 Å². The van der Waals surface area contributed by atoms with Gasteiger partial charge in [-0.1, -0.05) is 23.7 Å². The van der Waals surface area contributed by atoms with E-state index < -0.39 is 0 Å². The van der Waals surface area contributed by atoms with Gasteiger partial charge in [-0.15, -0.1) is 0 Å². The molecule has 0 bridgehead atoms. The van der Waals surface area contributed by atoms with Crippen LogP contribution < -0.4 is 0 Å². The van der Waals surface area contributed by atoms with E-state index >= 15 is 0 Å². The lowest BCUT2D eigenvalue weighted by Gasteiger charge is -1.95. The van der Waals surface area contributed by atoms with Gasteiger partial charge >= 0.3 is 0 Å². The standard InChI is InChI=1S/C11H8ClN3/c12-9-3-1-8(2-4-9)10-7-11-13-5-6-15(11)14-10/h1-7,13H. The molecule has 0 aliphatic carbocycles. The molecular formula is C11H8ClN3. The third kappa shape index (κ3) is 1.41. The Hall–Kier alpha value is -1.74. The van der Waals surface area contributed by atoms with Gasteiger partial charge in [-0.05, 0) is 12.1 Å². The Morgan fingerprint density at radius 3 is 2.73 bits per heavy atom. The molecule has 0 amide bonds. The fraction of sp³-hybridized carbons (Fsp3) is 0. The topological polar surface area (TPSA) is 33.1 Å². The van der Waals surface area contributed by atoms with Gasteiger partial charge in [0.1, 0.15) is 5.65 Å². The molecular weight excluding hydrogens is 210 g/mol. The van der Waals surface area contributed by atoms with E-state index in [2.05, 4.69) is 10.1 Å². The highest BCUT2D eigenvalue weighted by molar-refractivity contribution is 6.30. The van der Waals surface area contributed by atoms with Crippen LogP contribution in [0, 0.1) is 0 Å². The summed E-state index contributed by atoms with van der Waals surface area (Å²) in [5.74, 6) is 0. The van der Waals surface area contributed by atoms with Crippen molar-refractivity contribution < 1.29 is 0 Å². The highest BCUT2D eigenvalue weighted by Crippen LogP contribution is 2.20. The predicted molar refractivity (Wildman–Crippen MR) is 60.0 cm³/mol. The molecule has 1 N–H and O–H groups in total. The van der Waals surface area contributed by atoms with E-state index in [1.165, 1.54) is 0 Å². The summed E-state index contributed by atoms with van der Waals surface area (Å²) in [6.45, 7) is 0. The Bertz CT molecular complexity index is 563. The maximum absolute atomic E-state index is 5.82. The first-order valence-electron chi connectivity index (χ1n) is 4.62. The molecule has 0 aliphatic heterocycles. The molecule has 0 spiro atoms. The second-order valence-corrected chi connectivity index (χ2v) is 3.76. The summed E-state index contributed by atoms with van der Waals surface area (Å²) in [7, 11) is 0. The van der Waals surface area contributed by atoms with Crippen molar-refractivity contribution in [2.75, 3.05) is 0 Å². The number of nitrogens with zero attached hydrogens (tertiary/aromatic N) is 2. The lowest BCUT2D eigenvalue weighted by molar-refractivity contribution is 0.978. The number of imidazole rings is 1. The Kier molecular flexibility index (Phi) is 1.79. The van der Waals surface area contributed by atoms with Crippen LogP contribution in [0.25, 0.3) is 16.9 Å². The van der Waals surface area contributed by atoms with Crippen LogP contribution in [0.3, 0.4) is 0 Å². The molecule has 4 heteroatoms. The van der Waals surface area contributed by atoms with E-state index in [9.17, 15) is 0 Å². The van der Waals surface area contributed by atoms with Gasteiger partial charge in [0.25, 0.3) is 0 Å². The third-order valence-corrected chi connectivity index (χ3v) is 2.57. The molecule has 3 rings (SSSR count). The highest BCUT2D eigenvalue weighted by Gasteiger charge is 2.04. The second-order valence-electron chi connectivity index (χ2n) is 3.33. The van der Waals surface area contributed by atoms with Crippen LogP contribution in [0.4, 0.5) is 0 Å². The average Bonchev–Trinajstić information content (AvgIpc) is 2.78. The normalized spacial score (nSPS) is 11.0. The minimum absolute atomic E-state index is 0.739. The first kappa shape index (κ1) is 8.56. The average molecular weight is 218 g/mol. The Balaban J connectivity index is 2.13. The van der Waals surface area contributed by atoms with Crippen LogP contribution in [0.15, 0.2) is 42.7 Å². The van der Waals surface area contributed by atoms with Crippen molar-refractivity contribution in [3.8, 4) is 11.3 Å². The Morgan fingerprint density at radius 1 is 1.20 bits per heavy atom. The maximum atomic E-state index is 5.82. The summed E-state index contributed by atoms with van der Waals surface area (Å²) in [5, 5.41) is 5.15.